The summed E-state index contributed by atoms with van der Waals surface area (Å²) >= 11 is 29.9. The summed E-state index contributed by atoms with van der Waals surface area (Å²) in [4.78, 5) is 0. The second-order valence-electron chi connectivity index (χ2n) is 6.17. The third kappa shape index (κ3) is 10.6. The van der Waals surface area contributed by atoms with Crippen molar-refractivity contribution in [3.05, 3.63) is 0 Å². The Labute approximate surface area is 220 Å². The van der Waals surface area contributed by atoms with E-state index in [2.05, 4.69) is 141 Å². The number of unbranched alkanes of at least 4 members (excludes halogenated alkanes) is 6. The highest BCUT2D eigenvalue weighted by Crippen LogP contribution is 2.60. The first-order valence-electron chi connectivity index (χ1n) is 8.54. The third-order valence-electron chi connectivity index (χ3n) is 3.80. The molecule has 0 N–H and O–H groups in total. The number of ether oxygens (including phenoxy) is 1. The third-order valence-corrected chi connectivity index (χ3v) is 15.2. The van der Waals surface area contributed by atoms with Crippen LogP contribution >= 0.6 is 127 Å². The molecule has 25 heavy (non-hydrogen) atoms. The van der Waals surface area contributed by atoms with Crippen LogP contribution in [0.25, 0.3) is 0 Å². The van der Waals surface area contributed by atoms with Gasteiger partial charge in [-0.1, -0.05) is 129 Å². The number of rotatable bonds is 14. The van der Waals surface area contributed by atoms with Gasteiger partial charge in [-0.05, 0) is 76.6 Å². The maximum Gasteiger partial charge on any atom is 0.205 e. The van der Waals surface area contributed by atoms with Crippen LogP contribution in [0.5, 0.6) is 0 Å². The molecule has 0 radical (unpaired) electrons. The zero-order valence-corrected chi connectivity index (χ0v) is 27.2. The van der Waals surface area contributed by atoms with Crippen LogP contribution in [-0.2, 0) is 4.74 Å². The maximum atomic E-state index is 6.35. The Hall–Kier alpha value is 3.80. The van der Waals surface area contributed by atoms with Crippen molar-refractivity contribution in [2.24, 2.45) is 0 Å². The van der Waals surface area contributed by atoms with E-state index in [1.807, 2.05) is 0 Å². The molecule has 0 atom stereocenters. The predicted molar refractivity (Wildman–Crippen MR) is 141 cm³/mol. The van der Waals surface area contributed by atoms with Crippen molar-refractivity contribution in [1.29, 1.82) is 0 Å². The summed E-state index contributed by atoms with van der Waals surface area (Å²) in [6.07, 6.45) is 11.4. The first-order valence-corrected chi connectivity index (χ1v) is 14.9. The molecule has 0 bridgehead atoms. The Balaban J connectivity index is 4.84. The monoisotopic (exact) mass is 866 g/mol. The smallest absolute Gasteiger partial charge is 0.205 e. The highest BCUT2D eigenvalue weighted by molar-refractivity contribution is 9.31. The summed E-state index contributed by atoms with van der Waals surface area (Å²) in [5.41, 5.74) is 0. The fourth-order valence-electron chi connectivity index (χ4n) is 2.15. The molecule has 0 saturated heterocycles. The summed E-state index contributed by atoms with van der Waals surface area (Å²) in [6.45, 7) is 4.43. The molecule has 0 aromatic rings. The van der Waals surface area contributed by atoms with Crippen LogP contribution in [0.1, 0.15) is 78.1 Å². The molecule has 0 rings (SSSR count). The molecule has 0 aromatic heterocycles. The molecular weight excluding hydrogens is 847 g/mol. The van der Waals surface area contributed by atoms with Gasteiger partial charge in [0.25, 0.3) is 0 Å². The van der Waals surface area contributed by atoms with E-state index in [9.17, 15) is 0 Å². The van der Waals surface area contributed by atoms with Gasteiger partial charge in [-0.3, -0.25) is 0 Å². The number of hydrogen-bond acceptors (Lipinski definition) is 1. The second-order valence-corrected chi connectivity index (χ2v) is 20.3. The molecule has 152 valence electrons. The van der Waals surface area contributed by atoms with Crippen molar-refractivity contribution in [3.63, 3.8) is 0 Å². The van der Waals surface area contributed by atoms with Crippen LogP contribution in [0.4, 0.5) is 0 Å². The summed E-state index contributed by atoms with van der Waals surface area (Å²) in [7, 11) is 0. The standard InChI is InChI=1S/C16H26Br8O/c1-3-5-7-9-11-13(17,18)15(21,22)25-16(23,24)14(19,20)12-10-8-6-4-2/h3-12H2,1-2H3. The van der Waals surface area contributed by atoms with Crippen molar-refractivity contribution < 1.29 is 4.74 Å². The molecule has 0 heterocycles. The van der Waals surface area contributed by atoms with Gasteiger partial charge in [0.1, 0.15) is 6.47 Å². The average Bonchev–Trinajstić information content (AvgIpc) is 2.47. The molecule has 0 spiro atoms. The molecular formula is C16H26Br8O. The number of hydrogen-bond donors (Lipinski definition) is 0. The quantitative estimate of drug-likeness (QED) is 0.125. The van der Waals surface area contributed by atoms with Crippen molar-refractivity contribution in [1.82, 2.24) is 0 Å². The van der Waals surface area contributed by atoms with E-state index < -0.39 is 13.3 Å². The van der Waals surface area contributed by atoms with Crippen LogP contribution < -0.4 is 0 Å². The van der Waals surface area contributed by atoms with E-state index in [4.69, 9.17) is 4.74 Å². The first-order chi connectivity index (χ1) is 11.3. The van der Waals surface area contributed by atoms with Crippen LogP contribution in [0, 0.1) is 0 Å². The lowest BCUT2D eigenvalue weighted by Gasteiger charge is -2.43. The minimum atomic E-state index is -0.817. The van der Waals surface area contributed by atoms with E-state index in [0.29, 0.717) is 0 Å². The summed E-state index contributed by atoms with van der Waals surface area (Å²) < 4.78 is 3.81. The molecule has 9 heteroatoms. The van der Waals surface area contributed by atoms with Gasteiger partial charge in [0.15, 0.2) is 0 Å². The van der Waals surface area contributed by atoms with Crippen LogP contribution in [-0.4, -0.2) is 13.3 Å². The molecule has 0 aliphatic heterocycles. The molecule has 0 aliphatic carbocycles. The number of halogens is 8. The van der Waals surface area contributed by atoms with Crippen molar-refractivity contribution in [2.75, 3.05) is 0 Å². The molecule has 1 nitrogen and oxygen atoms in total. The van der Waals surface area contributed by atoms with Crippen LogP contribution in [0.2, 0.25) is 0 Å². The summed E-state index contributed by atoms with van der Waals surface area (Å²) in [6, 6.07) is 0. The molecule has 0 saturated carbocycles. The SMILES string of the molecule is CCCCCCC(Br)(Br)C(Br)(Br)OC(Br)(Br)C(Br)(Br)CCCCCC. The Bertz CT molecular complexity index is 337. The zero-order valence-electron chi connectivity index (χ0n) is 14.5. The largest absolute Gasteiger partial charge is 0.321 e. The van der Waals surface area contributed by atoms with Crippen molar-refractivity contribution >= 4 is 127 Å². The number of alkyl halides is 8. The van der Waals surface area contributed by atoms with E-state index in [1.54, 1.807) is 0 Å². The maximum absolute atomic E-state index is 6.35. The highest BCUT2D eigenvalue weighted by atomic mass is 79.9. The molecule has 0 fully saturated rings. The summed E-state index contributed by atoms with van der Waals surface area (Å²) in [5, 5.41) is 0. The van der Waals surface area contributed by atoms with Gasteiger partial charge in [-0.2, -0.15) is 0 Å². The van der Waals surface area contributed by atoms with E-state index in [-0.39, 0.29) is 0 Å². The lowest BCUT2D eigenvalue weighted by Crippen LogP contribution is -2.47. The second kappa shape index (κ2) is 13.3. The lowest BCUT2D eigenvalue weighted by molar-refractivity contribution is 0.0533. The van der Waals surface area contributed by atoms with Gasteiger partial charge < -0.3 is 4.74 Å². The Morgan fingerprint density at radius 3 is 1.12 bits per heavy atom. The fraction of sp³-hybridized carbons (Fsp3) is 1.00. The summed E-state index contributed by atoms with van der Waals surface area (Å²) in [5.74, 6) is 0. The molecule has 0 amide bonds. The lowest BCUT2D eigenvalue weighted by atomic mass is 10.1. The Kier molecular flexibility index (Phi) is 15.3. The van der Waals surface area contributed by atoms with Gasteiger partial charge in [-0.25, -0.2) is 0 Å². The fourth-order valence-corrected chi connectivity index (χ4v) is 6.23. The highest BCUT2D eigenvalue weighted by Gasteiger charge is 2.55. The van der Waals surface area contributed by atoms with Gasteiger partial charge in [0, 0.05) is 0 Å². The van der Waals surface area contributed by atoms with Crippen molar-refractivity contribution in [3.8, 4) is 0 Å². The topological polar surface area (TPSA) is 9.23 Å². The normalized spacial score (nSPS) is 14.2. The van der Waals surface area contributed by atoms with E-state index in [1.165, 1.54) is 38.5 Å². The Morgan fingerprint density at radius 2 is 0.840 bits per heavy atom. The van der Waals surface area contributed by atoms with Crippen molar-refractivity contribution in [2.45, 2.75) is 91.4 Å². The van der Waals surface area contributed by atoms with Gasteiger partial charge >= 0.3 is 0 Å². The van der Waals surface area contributed by atoms with E-state index >= 15 is 0 Å². The van der Waals surface area contributed by atoms with Gasteiger partial charge in [-0.15, -0.1) is 0 Å². The average molecular weight is 874 g/mol. The minimum Gasteiger partial charge on any atom is -0.321 e. The van der Waals surface area contributed by atoms with Gasteiger partial charge in [0.05, 0.1) is 0 Å². The minimum absolute atomic E-state index is 0.453. The first kappa shape index (κ1) is 28.8. The Morgan fingerprint density at radius 1 is 0.520 bits per heavy atom. The molecule has 0 aromatic carbocycles. The molecule has 0 aliphatic rings. The van der Waals surface area contributed by atoms with Gasteiger partial charge in [0.2, 0.25) is 6.84 Å². The zero-order chi connectivity index (χ0) is 19.8. The molecule has 0 unspecified atom stereocenters. The van der Waals surface area contributed by atoms with Crippen LogP contribution in [0.15, 0.2) is 0 Å². The van der Waals surface area contributed by atoms with Crippen LogP contribution in [0.3, 0.4) is 0 Å². The predicted octanol–water partition coefficient (Wildman–Crippen LogP) is 10.8. The van der Waals surface area contributed by atoms with E-state index in [0.717, 1.165) is 25.7 Å².